The van der Waals surface area contributed by atoms with Crippen LogP contribution in [0.25, 0.3) is 10.9 Å². The van der Waals surface area contributed by atoms with Crippen LogP contribution in [-0.2, 0) is 22.5 Å². The molecule has 2 heterocycles. The van der Waals surface area contributed by atoms with Gasteiger partial charge in [-0.2, -0.15) is 0 Å². The number of ether oxygens (including phenoxy) is 1. The highest BCUT2D eigenvalue weighted by atomic mass is 16.5. The van der Waals surface area contributed by atoms with E-state index in [0.29, 0.717) is 17.4 Å². The monoisotopic (exact) mass is 400 g/mol. The number of aromatic nitrogens is 2. The lowest BCUT2D eigenvalue weighted by molar-refractivity contribution is -0.127. The van der Waals surface area contributed by atoms with Crippen LogP contribution >= 0.6 is 0 Å². The molecule has 0 unspecified atom stereocenters. The summed E-state index contributed by atoms with van der Waals surface area (Å²) in [4.78, 5) is 52.9. The van der Waals surface area contributed by atoms with Crippen LogP contribution in [0.5, 0.6) is 0 Å². The summed E-state index contributed by atoms with van der Waals surface area (Å²) in [6, 6.07) is 3.85. The van der Waals surface area contributed by atoms with E-state index in [-0.39, 0.29) is 11.1 Å². The molecule has 0 saturated heterocycles. The number of urea groups is 1. The summed E-state index contributed by atoms with van der Waals surface area (Å²) < 4.78 is 6.86. The number of nitrogens with one attached hydrogen (secondary N) is 2. The Hall–Kier alpha value is -3.23. The van der Waals surface area contributed by atoms with Crippen molar-refractivity contribution in [1.82, 2.24) is 20.2 Å². The van der Waals surface area contributed by atoms with Gasteiger partial charge in [0.05, 0.1) is 16.5 Å². The molecule has 0 fully saturated rings. The zero-order chi connectivity index (χ0) is 21.0. The number of rotatable bonds is 3. The van der Waals surface area contributed by atoms with Crippen molar-refractivity contribution in [2.45, 2.75) is 51.7 Å². The molecule has 0 aliphatic carbocycles. The number of imide groups is 1. The number of nitrogens with zero attached hydrogens (tertiary/aromatic N) is 2. The van der Waals surface area contributed by atoms with Gasteiger partial charge in [0.25, 0.3) is 11.5 Å². The molecule has 154 valence electrons. The molecule has 1 aliphatic heterocycles. The molecule has 0 saturated carbocycles. The number of hydrogen-bond donors (Lipinski definition) is 2. The summed E-state index contributed by atoms with van der Waals surface area (Å²) >= 11 is 0. The minimum Gasteiger partial charge on any atom is -0.449 e. The average molecular weight is 400 g/mol. The number of hydrogen-bond acceptors (Lipinski definition) is 6. The van der Waals surface area contributed by atoms with Crippen molar-refractivity contribution >= 4 is 28.8 Å². The molecule has 0 spiro atoms. The van der Waals surface area contributed by atoms with Crippen molar-refractivity contribution in [3.8, 4) is 0 Å². The SMILES string of the molecule is CNC(=O)NC(=O)[C@H](C)OC(=O)c1ccc2c(=O)n3c(nc2c1)CCCCCC3. The summed E-state index contributed by atoms with van der Waals surface area (Å²) in [6.07, 6.45) is 3.68. The minimum absolute atomic E-state index is 0.106. The highest BCUT2D eigenvalue weighted by Gasteiger charge is 2.21. The third-order valence-electron chi connectivity index (χ3n) is 4.92. The van der Waals surface area contributed by atoms with E-state index < -0.39 is 24.0 Å². The second-order valence-corrected chi connectivity index (χ2v) is 7.00. The van der Waals surface area contributed by atoms with Crippen LogP contribution < -0.4 is 16.2 Å². The summed E-state index contributed by atoms with van der Waals surface area (Å²) in [6.45, 7) is 2.02. The molecule has 2 N–H and O–H groups in total. The molecule has 9 nitrogen and oxygen atoms in total. The lowest BCUT2D eigenvalue weighted by atomic mass is 10.1. The van der Waals surface area contributed by atoms with Gasteiger partial charge in [0.2, 0.25) is 0 Å². The summed E-state index contributed by atoms with van der Waals surface area (Å²) in [7, 11) is 1.37. The normalized spacial score (nSPS) is 14.8. The molecule has 1 aromatic carbocycles. The maximum Gasteiger partial charge on any atom is 0.338 e. The summed E-state index contributed by atoms with van der Waals surface area (Å²) in [5.41, 5.74) is 0.503. The van der Waals surface area contributed by atoms with E-state index in [1.54, 1.807) is 10.6 Å². The van der Waals surface area contributed by atoms with Crippen molar-refractivity contribution in [2.75, 3.05) is 7.05 Å². The smallest absolute Gasteiger partial charge is 0.338 e. The number of amides is 3. The molecule has 2 aromatic rings. The first-order chi connectivity index (χ1) is 13.9. The van der Waals surface area contributed by atoms with E-state index in [9.17, 15) is 19.2 Å². The second kappa shape index (κ2) is 8.85. The molecule has 29 heavy (non-hydrogen) atoms. The van der Waals surface area contributed by atoms with Crippen LogP contribution in [0.3, 0.4) is 0 Å². The molecule has 0 radical (unpaired) electrons. The summed E-state index contributed by atoms with van der Waals surface area (Å²) in [5, 5.41) is 4.73. The third-order valence-corrected chi connectivity index (χ3v) is 4.92. The van der Waals surface area contributed by atoms with Gasteiger partial charge < -0.3 is 10.1 Å². The molecule has 0 bridgehead atoms. The first kappa shape index (κ1) is 20.5. The highest BCUT2D eigenvalue weighted by Crippen LogP contribution is 2.17. The first-order valence-corrected chi connectivity index (χ1v) is 9.67. The Labute approximate surface area is 167 Å². The molecular weight excluding hydrogens is 376 g/mol. The van der Waals surface area contributed by atoms with E-state index in [0.717, 1.165) is 37.9 Å². The van der Waals surface area contributed by atoms with Gasteiger partial charge in [-0.3, -0.25) is 19.5 Å². The van der Waals surface area contributed by atoms with Gasteiger partial charge in [0.15, 0.2) is 6.10 Å². The fourth-order valence-electron chi connectivity index (χ4n) is 3.28. The fraction of sp³-hybridized carbons (Fsp3) is 0.450. The molecule has 1 aromatic heterocycles. The van der Waals surface area contributed by atoms with Crippen LogP contribution in [0.1, 0.15) is 48.8 Å². The Morgan fingerprint density at radius 2 is 1.93 bits per heavy atom. The molecular formula is C20H24N4O5. The molecule has 3 rings (SSSR count). The van der Waals surface area contributed by atoms with E-state index in [2.05, 4.69) is 10.3 Å². The maximum absolute atomic E-state index is 12.8. The predicted octanol–water partition coefficient (Wildman–Crippen LogP) is 1.51. The second-order valence-electron chi connectivity index (χ2n) is 7.00. The minimum atomic E-state index is -1.16. The standard InChI is InChI=1S/C20H24N4O5/c1-12(17(25)23-20(28)21-2)29-19(27)13-8-9-14-15(11-13)22-16-7-5-3-4-6-10-24(16)18(14)26/h8-9,11-12H,3-7,10H2,1-2H3,(H2,21,23,25,28)/t12-/m0/s1. The van der Waals surface area contributed by atoms with Crippen LogP contribution in [0.15, 0.2) is 23.0 Å². The van der Waals surface area contributed by atoms with Crippen molar-refractivity contribution < 1.29 is 19.1 Å². The van der Waals surface area contributed by atoms with Crippen LogP contribution in [0.2, 0.25) is 0 Å². The lowest BCUT2D eigenvalue weighted by Gasteiger charge is -2.16. The Balaban J connectivity index is 1.84. The topological polar surface area (TPSA) is 119 Å². The fourth-order valence-corrected chi connectivity index (χ4v) is 3.28. The molecule has 3 amide bonds. The Kier molecular flexibility index (Phi) is 6.26. The largest absolute Gasteiger partial charge is 0.449 e. The number of benzene rings is 1. The maximum atomic E-state index is 12.8. The van der Waals surface area contributed by atoms with Crippen molar-refractivity contribution in [3.05, 3.63) is 39.9 Å². The first-order valence-electron chi connectivity index (χ1n) is 9.67. The molecule has 1 atom stereocenters. The number of carbonyl (C=O) groups is 3. The zero-order valence-corrected chi connectivity index (χ0v) is 16.5. The van der Waals surface area contributed by atoms with Gasteiger partial charge in [0.1, 0.15) is 5.82 Å². The van der Waals surface area contributed by atoms with Gasteiger partial charge in [-0.1, -0.05) is 12.8 Å². The van der Waals surface area contributed by atoms with Crippen LogP contribution in [0.4, 0.5) is 4.79 Å². The number of carbonyl (C=O) groups excluding carboxylic acids is 3. The van der Waals surface area contributed by atoms with Gasteiger partial charge in [-0.15, -0.1) is 0 Å². The van der Waals surface area contributed by atoms with Crippen molar-refractivity contribution in [2.24, 2.45) is 0 Å². The van der Waals surface area contributed by atoms with E-state index in [1.807, 2.05) is 5.32 Å². The van der Waals surface area contributed by atoms with Gasteiger partial charge in [0, 0.05) is 20.0 Å². The third kappa shape index (κ3) is 4.61. The van der Waals surface area contributed by atoms with E-state index >= 15 is 0 Å². The quantitative estimate of drug-likeness (QED) is 0.754. The predicted molar refractivity (Wildman–Crippen MR) is 106 cm³/mol. The van der Waals surface area contributed by atoms with Gasteiger partial charge in [-0.25, -0.2) is 14.6 Å². The average Bonchev–Trinajstić information content (AvgIpc) is 2.68. The van der Waals surface area contributed by atoms with Gasteiger partial charge in [-0.05, 0) is 38.0 Å². The number of fused-ring (bicyclic) bond motifs is 2. The Bertz CT molecular complexity index is 1010. The number of aryl methyl sites for hydroxylation is 1. The Morgan fingerprint density at radius 1 is 1.17 bits per heavy atom. The van der Waals surface area contributed by atoms with E-state index in [1.165, 1.54) is 26.1 Å². The van der Waals surface area contributed by atoms with Crippen molar-refractivity contribution in [3.63, 3.8) is 0 Å². The Morgan fingerprint density at radius 3 is 2.69 bits per heavy atom. The van der Waals surface area contributed by atoms with Gasteiger partial charge >= 0.3 is 12.0 Å². The highest BCUT2D eigenvalue weighted by molar-refractivity contribution is 5.99. The molecule has 9 heteroatoms. The molecule has 1 aliphatic rings. The van der Waals surface area contributed by atoms with E-state index in [4.69, 9.17) is 4.74 Å². The lowest BCUT2D eigenvalue weighted by Crippen LogP contribution is -2.43. The zero-order valence-electron chi connectivity index (χ0n) is 16.5. The van der Waals surface area contributed by atoms with Crippen LogP contribution in [0, 0.1) is 0 Å². The van der Waals surface area contributed by atoms with Crippen molar-refractivity contribution in [1.29, 1.82) is 0 Å². The van der Waals surface area contributed by atoms with Crippen LogP contribution in [-0.4, -0.2) is 40.6 Å². The number of esters is 1. The summed E-state index contributed by atoms with van der Waals surface area (Å²) in [5.74, 6) is -0.748.